The molecule has 1 aliphatic carbocycles. The first-order valence-electron chi connectivity index (χ1n) is 8.25. The second kappa shape index (κ2) is 9.80. The average molecular weight is 254 g/mol. The van der Waals surface area contributed by atoms with Crippen molar-refractivity contribution in [3.05, 3.63) is 0 Å². The fraction of sp³-hybridized carbons (Fsp3) is 1.00. The van der Waals surface area contributed by atoms with Crippen molar-refractivity contribution in [3.8, 4) is 0 Å². The van der Waals surface area contributed by atoms with Gasteiger partial charge in [-0.15, -0.1) is 0 Å². The summed E-state index contributed by atoms with van der Waals surface area (Å²) in [6.07, 6.45) is 9.62. The first-order chi connectivity index (χ1) is 8.81. The zero-order valence-electron chi connectivity index (χ0n) is 12.8. The first-order valence-corrected chi connectivity index (χ1v) is 8.25. The summed E-state index contributed by atoms with van der Waals surface area (Å²) in [6, 6.07) is 0.800. The predicted octanol–water partition coefficient (Wildman–Crippen LogP) is 3.57. The quantitative estimate of drug-likeness (QED) is 0.582. The molecule has 108 valence electrons. The summed E-state index contributed by atoms with van der Waals surface area (Å²) >= 11 is 0. The van der Waals surface area contributed by atoms with E-state index in [1.165, 1.54) is 58.0 Å². The fourth-order valence-electron chi connectivity index (χ4n) is 3.35. The molecule has 1 saturated carbocycles. The summed E-state index contributed by atoms with van der Waals surface area (Å²) in [7, 11) is 0. The number of unbranched alkanes of at least 4 members (excludes halogenated alkanes) is 2. The van der Waals surface area contributed by atoms with Gasteiger partial charge >= 0.3 is 0 Å². The Morgan fingerprint density at radius 3 is 2.61 bits per heavy atom. The van der Waals surface area contributed by atoms with Crippen LogP contribution in [0.5, 0.6) is 0 Å². The third-order valence-electron chi connectivity index (χ3n) is 4.52. The van der Waals surface area contributed by atoms with Gasteiger partial charge in [0.25, 0.3) is 0 Å². The van der Waals surface area contributed by atoms with Crippen LogP contribution in [-0.2, 0) is 0 Å². The second-order valence-corrected chi connectivity index (χ2v) is 5.91. The molecule has 0 heterocycles. The minimum Gasteiger partial charge on any atom is -0.316 e. The van der Waals surface area contributed by atoms with Crippen molar-refractivity contribution in [2.45, 2.75) is 71.8 Å². The Kier molecular flexibility index (Phi) is 8.70. The van der Waals surface area contributed by atoms with Gasteiger partial charge < -0.3 is 10.6 Å². The van der Waals surface area contributed by atoms with Crippen LogP contribution in [0.2, 0.25) is 0 Å². The highest BCUT2D eigenvalue weighted by Crippen LogP contribution is 2.33. The lowest BCUT2D eigenvalue weighted by molar-refractivity contribution is 0.307. The number of rotatable bonds is 10. The molecule has 0 radical (unpaired) electrons. The van der Waals surface area contributed by atoms with Gasteiger partial charge in [0.15, 0.2) is 0 Å². The van der Waals surface area contributed by atoms with Gasteiger partial charge in [0.2, 0.25) is 0 Å². The highest BCUT2D eigenvalue weighted by atomic mass is 14.9. The van der Waals surface area contributed by atoms with Gasteiger partial charge in [0.1, 0.15) is 0 Å². The van der Waals surface area contributed by atoms with Crippen LogP contribution in [0.3, 0.4) is 0 Å². The van der Waals surface area contributed by atoms with Gasteiger partial charge in [-0.3, -0.25) is 0 Å². The van der Waals surface area contributed by atoms with E-state index in [4.69, 9.17) is 0 Å². The van der Waals surface area contributed by atoms with Crippen LogP contribution >= 0.6 is 0 Å². The maximum atomic E-state index is 3.67. The van der Waals surface area contributed by atoms with E-state index in [0.717, 1.165) is 24.4 Å². The normalized spacial score (nSPS) is 25.5. The van der Waals surface area contributed by atoms with Crippen LogP contribution in [0.4, 0.5) is 0 Å². The van der Waals surface area contributed by atoms with Gasteiger partial charge in [0, 0.05) is 6.04 Å². The molecule has 3 unspecified atom stereocenters. The van der Waals surface area contributed by atoms with E-state index < -0.39 is 0 Å². The lowest BCUT2D eigenvalue weighted by atomic mass is 9.88. The van der Waals surface area contributed by atoms with Crippen molar-refractivity contribution in [2.75, 3.05) is 19.6 Å². The van der Waals surface area contributed by atoms with Crippen LogP contribution in [0.15, 0.2) is 0 Å². The average Bonchev–Trinajstić information content (AvgIpc) is 2.83. The maximum absolute atomic E-state index is 3.67. The molecule has 0 aromatic carbocycles. The van der Waals surface area contributed by atoms with Crippen molar-refractivity contribution < 1.29 is 0 Å². The summed E-state index contributed by atoms with van der Waals surface area (Å²) in [5, 5.41) is 7.29. The zero-order valence-corrected chi connectivity index (χ0v) is 12.8. The standard InChI is InChI=1S/C16H34N2/c1-4-7-8-11-17-13-14(5-2)15-9-10-16(12-15)18-6-3/h14-18H,4-13H2,1-3H3. The Hall–Kier alpha value is -0.0800. The Balaban J connectivity index is 2.16. The first kappa shape index (κ1) is 16.0. The van der Waals surface area contributed by atoms with E-state index in [1.807, 2.05) is 0 Å². The van der Waals surface area contributed by atoms with Crippen molar-refractivity contribution in [3.63, 3.8) is 0 Å². The zero-order chi connectivity index (χ0) is 13.2. The van der Waals surface area contributed by atoms with E-state index in [1.54, 1.807) is 0 Å². The summed E-state index contributed by atoms with van der Waals surface area (Å²) in [6.45, 7) is 10.4. The van der Waals surface area contributed by atoms with Crippen molar-refractivity contribution >= 4 is 0 Å². The third kappa shape index (κ3) is 5.71. The van der Waals surface area contributed by atoms with E-state index in [0.29, 0.717) is 0 Å². The Bertz CT molecular complexity index is 194. The predicted molar refractivity (Wildman–Crippen MR) is 81.0 cm³/mol. The van der Waals surface area contributed by atoms with E-state index >= 15 is 0 Å². The molecule has 0 spiro atoms. The molecule has 0 amide bonds. The van der Waals surface area contributed by atoms with Crippen molar-refractivity contribution in [1.29, 1.82) is 0 Å². The number of hydrogen-bond acceptors (Lipinski definition) is 2. The largest absolute Gasteiger partial charge is 0.316 e. The summed E-state index contributed by atoms with van der Waals surface area (Å²) in [5.41, 5.74) is 0. The topological polar surface area (TPSA) is 24.1 Å². The highest BCUT2D eigenvalue weighted by molar-refractivity contribution is 4.84. The monoisotopic (exact) mass is 254 g/mol. The molecule has 0 saturated heterocycles. The summed E-state index contributed by atoms with van der Waals surface area (Å²) < 4.78 is 0. The van der Waals surface area contributed by atoms with Crippen LogP contribution in [0.25, 0.3) is 0 Å². The number of hydrogen-bond donors (Lipinski definition) is 2. The molecule has 0 aliphatic heterocycles. The summed E-state index contributed by atoms with van der Waals surface area (Å²) in [4.78, 5) is 0. The lowest BCUT2D eigenvalue weighted by Gasteiger charge is -2.23. The molecule has 2 N–H and O–H groups in total. The minimum atomic E-state index is 0.800. The second-order valence-electron chi connectivity index (χ2n) is 5.91. The fourth-order valence-corrected chi connectivity index (χ4v) is 3.35. The van der Waals surface area contributed by atoms with Crippen LogP contribution in [0, 0.1) is 11.8 Å². The van der Waals surface area contributed by atoms with Gasteiger partial charge in [-0.2, -0.15) is 0 Å². The molecule has 3 atom stereocenters. The molecular formula is C16H34N2. The molecule has 18 heavy (non-hydrogen) atoms. The molecule has 1 rings (SSSR count). The van der Waals surface area contributed by atoms with Crippen LogP contribution in [-0.4, -0.2) is 25.7 Å². The molecule has 1 aliphatic rings. The Morgan fingerprint density at radius 1 is 1.11 bits per heavy atom. The van der Waals surface area contributed by atoms with Gasteiger partial charge in [-0.05, 0) is 57.2 Å². The number of nitrogens with one attached hydrogen (secondary N) is 2. The van der Waals surface area contributed by atoms with Gasteiger partial charge in [-0.1, -0.05) is 40.0 Å². The Morgan fingerprint density at radius 2 is 1.94 bits per heavy atom. The van der Waals surface area contributed by atoms with Crippen molar-refractivity contribution in [2.24, 2.45) is 11.8 Å². The highest BCUT2D eigenvalue weighted by Gasteiger charge is 2.29. The molecule has 2 heteroatoms. The molecular weight excluding hydrogens is 220 g/mol. The maximum Gasteiger partial charge on any atom is 0.00697 e. The van der Waals surface area contributed by atoms with E-state index in [9.17, 15) is 0 Å². The molecule has 2 nitrogen and oxygen atoms in total. The van der Waals surface area contributed by atoms with E-state index in [-0.39, 0.29) is 0 Å². The summed E-state index contributed by atoms with van der Waals surface area (Å²) in [5.74, 6) is 1.85. The molecule has 1 fully saturated rings. The lowest BCUT2D eigenvalue weighted by Crippen LogP contribution is -2.30. The van der Waals surface area contributed by atoms with Gasteiger partial charge in [-0.25, -0.2) is 0 Å². The molecule has 0 bridgehead atoms. The molecule has 0 aromatic heterocycles. The van der Waals surface area contributed by atoms with Gasteiger partial charge in [0.05, 0.1) is 0 Å². The SMILES string of the molecule is CCCCCNCC(CC)C1CCC(NCC)C1. The van der Waals surface area contributed by atoms with Crippen LogP contribution < -0.4 is 10.6 Å². The Labute approximate surface area is 114 Å². The van der Waals surface area contributed by atoms with Crippen molar-refractivity contribution in [1.82, 2.24) is 10.6 Å². The minimum absolute atomic E-state index is 0.800. The third-order valence-corrected chi connectivity index (χ3v) is 4.52. The smallest absolute Gasteiger partial charge is 0.00697 e. The van der Waals surface area contributed by atoms with E-state index in [2.05, 4.69) is 31.4 Å². The molecule has 0 aromatic rings. The van der Waals surface area contributed by atoms with Crippen LogP contribution in [0.1, 0.15) is 65.7 Å².